The molecule has 3 N–H and O–H groups in total. The highest BCUT2D eigenvalue weighted by atomic mass is 35.5. The molecular formula is C13H18ClFN2. The van der Waals surface area contributed by atoms with Crippen molar-refractivity contribution in [3.05, 3.63) is 34.6 Å². The fraction of sp³-hybridized carbons (Fsp3) is 0.538. The standard InChI is InChI=1S/C13H18ClFN2/c1-8(9-2-3-9)13(17-16)7-10-6-11(14)4-5-12(10)15/h4-6,8-9,13,17H,2-3,7,16H2,1H3. The Bertz CT molecular complexity index is 393. The molecule has 0 amide bonds. The molecule has 0 radical (unpaired) electrons. The molecule has 1 aromatic rings. The summed E-state index contributed by atoms with van der Waals surface area (Å²) in [4.78, 5) is 0. The number of rotatable bonds is 5. The average Bonchev–Trinajstić information content (AvgIpc) is 3.13. The summed E-state index contributed by atoms with van der Waals surface area (Å²) in [5, 5.41) is 0.566. The molecule has 1 saturated carbocycles. The van der Waals surface area contributed by atoms with Crippen molar-refractivity contribution in [2.75, 3.05) is 0 Å². The zero-order valence-electron chi connectivity index (χ0n) is 9.92. The highest BCUT2D eigenvalue weighted by Gasteiger charge is 2.33. The van der Waals surface area contributed by atoms with Crippen LogP contribution in [-0.2, 0) is 6.42 Å². The molecule has 2 nitrogen and oxygen atoms in total. The second-order valence-electron chi connectivity index (χ2n) is 4.91. The van der Waals surface area contributed by atoms with E-state index in [1.165, 1.54) is 18.9 Å². The van der Waals surface area contributed by atoms with Crippen LogP contribution in [0.5, 0.6) is 0 Å². The van der Waals surface area contributed by atoms with E-state index in [0.29, 0.717) is 22.9 Å². The molecule has 4 heteroatoms. The molecule has 2 rings (SSSR count). The maximum atomic E-state index is 13.6. The van der Waals surface area contributed by atoms with Crippen LogP contribution < -0.4 is 11.3 Å². The van der Waals surface area contributed by atoms with Crippen molar-refractivity contribution in [2.24, 2.45) is 17.7 Å². The monoisotopic (exact) mass is 256 g/mol. The molecule has 1 aliphatic rings. The van der Waals surface area contributed by atoms with Gasteiger partial charge in [-0.25, -0.2) is 4.39 Å². The molecule has 1 fully saturated rings. The summed E-state index contributed by atoms with van der Waals surface area (Å²) in [6, 6.07) is 4.76. The molecule has 0 spiro atoms. The van der Waals surface area contributed by atoms with E-state index < -0.39 is 0 Å². The molecule has 0 heterocycles. The summed E-state index contributed by atoms with van der Waals surface area (Å²) in [6.45, 7) is 2.17. The Labute approximate surface area is 106 Å². The van der Waals surface area contributed by atoms with Crippen LogP contribution in [0.25, 0.3) is 0 Å². The lowest BCUT2D eigenvalue weighted by Crippen LogP contribution is -2.42. The summed E-state index contributed by atoms with van der Waals surface area (Å²) in [7, 11) is 0. The number of halogens is 2. The first kappa shape index (κ1) is 12.8. The highest BCUT2D eigenvalue weighted by molar-refractivity contribution is 6.30. The molecule has 2 atom stereocenters. The van der Waals surface area contributed by atoms with Crippen molar-refractivity contribution in [1.82, 2.24) is 5.43 Å². The molecule has 1 aliphatic carbocycles. The zero-order valence-corrected chi connectivity index (χ0v) is 10.7. The minimum atomic E-state index is -0.211. The molecule has 0 aromatic heterocycles. The van der Waals surface area contributed by atoms with Gasteiger partial charge in [0.25, 0.3) is 0 Å². The molecule has 0 bridgehead atoms. The van der Waals surface area contributed by atoms with Crippen LogP contribution in [0.15, 0.2) is 18.2 Å². The lowest BCUT2D eigenvalue weighted by Gasteiger charge is -2.23. The first-order chi connectivity index (χ1) is 8.11. The Morgan fingerprint density at radius 3 is 2.82 bits per heavy atom. The van der Waals surface area contributed by atoms with E-state index in [9.17, 15) is 4.39 Å². The van der Waals surface area contributed by atoms with Crippen LogP contribution in [-0.4, -0.2) is 6.04 Å². The molecule has 2 unspecified atom stereocenters. The quantitative estimate of drug-likeness (QED) is 0.628. The van der Waals surface area contributed by atoms with Gasteiger partial charge < -0.3 is 0 Å². The third-order valence-corrected chi connectivity index (χ3v) is 3.90. The predicted molar refractivity (Wildman–Crippen MR) is 68.1 cm³/mol. The fourth-order valence-electron chi connectivity index (χ4n) is 2.28. The van der Waals surface area contributed by atoms with E-state index in [4.69, 9.17) is 17.4 Å². The van der Waals surface area contributed by atoms with Gasteiger partial charge in [-0.15, -0.1) is 0 Å². The Balaban J connectivity index is 2.08. The molecule has 1 aromatic carbocycles. The zero-order chi connectivity index (χ0) is 12.4. The second-order valence-corrected chi connectivity index (χ2v) is 5.35. The maximum absolute atomic E-state index is 13.6. The van der Waals surface area contributed by atoms with E-state index >= 15 is 0 Å². The van der Waals surface area contributed by atoms with Gasteiger partial charge in [-0.3, -0.25) is 11.3 Å². The number of hydrazine groups is 1. The normalized spacial score (nSPS) is 19.1. The van der Waals surface area contributed by atoms with Crippen molar-refractivity contribution in [3.63, 3.8) is 0 Å². The number of hydrogen-bond donors (Lipinski definition) is 2. The largest absolute Gasteiger partial charge is 0.271 e. The van der Waals surface area contributed by atoms with Crippen molar-refractivity contribution in [3.8, 4) is 0 Å². The van der Waals surface area contributed by atoms with Crippen LogP contribution in [0.3, 0.4) is 0 Å². The van der Waals surface area contributed by atoms with Gasteiger partial charge in [0, 0.05) is 11.1 Å². The van der Waals surface area contributed by atoms with Crippen LogP contribution in [0.4, 0.5) is 4.39 Å². The van der Waals surface area contributed by atoms with Crippen molar-refractivity contribution in [2.45, 2.75) is 32.2 Å². The van der Waals surface area contributed by atoms with Gasteiger partial charge >= 0.3 is 0 Å². The molecule has 0 aliphatic heterocycles. The Morgan fingerprint density at radius 1 is 1.53 bits per heavy atom. The Hall–Kier alpha value is -0.640. The maximum Gasteiger partial charge on any atom is 0.126 e. The van der Waals surface area contributed by atoms with E-state index in [2.05, 4.69) is 12.3 Å². The topological polar surface area (TPSA) is 38.0 Å². The second kappa shape index (κ2) is 5.34. The smallest absolute Gasteiger partial charge is 0.126 e. The van der Waals surface area contributed by atoms with Crippen molar-refractivity contribution in [1.29, 1.82) is 0 Å². The Morgan fingerprint density at radius 2 is 2.24 bits per heavy atom. The van der Waals surface area contributed by atoms with Crippen LogP contribution in [0, 0.1) is 17.7 Å². The number of nitrogens with two attached hydrogens (primary N) is 1. The van der Waals surface area contributed by atoms with Gasteiger partial charge in [0.1, 0.15) is 5.82 Å². The van der Waals surface area contributed by atoms with Crippen LogP contribution in [0.2, 0.25) is 5.02 Å². The third kappa shape index (κ3) is 3.18. The SMILES string of the molecule is CC(C1CC1)C(Cc1cc(Cl)ccc1F)NN. The van der Waals surface area contributed by atoms with Crippen LogP contribution >= 0.6 is 11.6 Å². The predicted octanol–water partition coefficient (Wildman–Crippen LogP) is 2.90. The average molecular weight is 257 g/mol. The van der Waals surface area contributed by atoms with E-state index in [0.717, 1.165) is 5.92 Å². The molecule has 0 saturated heterocycles. The summed E-state index contributed by atoms with van der Waals surface area (Å²) in [6.07, 6.45) is 3.11. The highest BCUT2D eigenvalue weighted by Crippen LogP contribution is 2.38. The van der Waals surface area contributed by atoms with Gasteiger partial charge in [0.2, 0.25) is 0 Å². The van der Waals surface area contributed by atoms with Crippen LogP contribution in [0.1, 0.15) is 25.3 Å². The van der Waals surface area contributed by atoms with Crippen molar-refractivity contribution < 1.29 is 4.39 Å². The fourth-order valence-corrected chi connectivity index (χ4v) is 2.48. The number of hydrogen-bond acceptors (Lipinski definition) is 2. The van der Waals surface area contributed by atoms with Gasteiger partial charge in [0.15, 0.2) is 0 Å². The van der Waals surface area contributed by atoms with E-state index in [1.807, 2.05) is 0 Å². The summed E-state index contributed by atoms with van der Waals surface area (Å²) < 4.78 is 13.6. The summed E-state index contributed by atoms with van der Waals surface area (Å²) in [5.41, 5.74) is 3.44. The Kier molecular flexibility index (Phi) is 4.02. The minimum Gasteiger partial charge on any atom is -0.271 e. The molecule has 94 valence electrons. The van der Waals surface area contributed by atoms with Gasteiger partial charge in [-0.1, -0.05) is 18.5 Å². The van der Waals surface area contributed by atoms with Gasteiger partial charge in [0.05, 0.1) is 0 Å². The van der Waals surface area contributed by atoms with Gasteiger partial charge in [-0.05, 0) is 54.9 Å². The molecule has 17 heavy (non-hydrogen) atoms. The molecular weight excluding hydrogens is 239 g/mol. The lowest BCUT2D eigenvalue weighted by atomic mass is 9.91. The number of nitrogens with one attached hydrogen (secondary N) is 1. The first-order valence-electron chi connectivity index (χ1n) is 6.02. The summed E-state index contributed by atoms with van der Waals surface area (Å²) >= 11 is 5.88. The number of benzene rings is 1. The van der Waals surface area contributed by atoms with E-state index in [-0.39, 0.29) is 11.9 Å². The lowest BCUT2D eigenvalue weighted by molar-refractivity contribution is 0.340. The third-order valence-electron chi connectivity index (χ3n) is 3.66. The first-order valence-corrected chi connectivity index (χ1v) is 6.39. The van der Waals surface area contributed by atoms with Crippen molar-refractivity contribution >= 4 is 11.6 Å². The van der Waals surface area contributed by atoms with E-state index in [1.54, 1.807) is 12.1 Å². The summed E-state index contributed by atoms with van der Waals surface area (Å²) in [5.74, 6) is 6.56. The van der Waals surface area contributed by atoms with Gasteiger partial charge in [-0.2, -0.15) is 0 Å². The minimum absolute atomic E-state index is 0.107.